The summed E-state index contributed by atoms with van der Waals surface area (Å²) < 4.78 is 0. The molecule has 2 aromatic rings. The van der Waals surface area contributed by atoms with Gasteiger partial charge in [-0.2, -0.15) is 0 Å². The van der Waals surface area contributed by atoms with Gasteiger partial charge >= 0.3 is 0 Å². The van der Waals surface area contributed by atoms with Gasteiger partial charge in [-0.15, -0.1) is 0 Å². The molecule has 0 unspecified atom stereocenters. The molecule has 172 valence electrons. The van der Waals surface area contributed by atoms with Crippen molar-refractivity contribution in [1.82, 2.24) is 0 Å². The second-order valence-electron chi connectivity index (χ2n) is 9.05. The van der Waals surface area contributed by atoms with Crippen molar-refractivity contribution in [3.05, 3.63) is 60.7 Å². The van der Waals surface area contributed by atoms with E-state index in [-0.39, 0.29) is 7.92 Å². The van der Waals surface area contributed by atoms with Gasteiger partial charge in [-0.05, 0) is 24.7 Å². The fourth-order valence-corrected chi connectivity index (χ4v) is 15.4. The van der Waals surface area contributed by atoms with Gasteiger partial charge in [0, 0.05) is 28.6 Å². The molecule has 32 heavy (non-hydrogen) atoms. The standard InChI is InChI=1S/C27H43PSi4/c1-29-19-11-23-32(24-12-20-30-2,25-13-21-31-3)22-10-18-28(26-14-6-4-7-15-26)27-16-8-5-9-17-27/h4-9,14-17H,10-13,18-25H2,1-3H3. The Kier molecular flexibility index (Phi) is 15.1. The summed E-state index contributed by atoms with van der Waals surface area (Å²) in [6.07, 6.45) is 7.35. The number of benzene rings is 2. The van der Waals surface area contributed by atoms with E-state index in [4.69, 9.17) is 0 Å². The largest absolute Gasteiger partial charge is 0.0733 e. The molecule has 0 atom stereocenters. The van der Waals surface area contributed by atoms with Crippen molar-refractivity contribution in [3.8, 4) is 0 Å². The lowest BCUT2D eigenvalue weighted by molar-refractivity contribution is 0.878. The summed E-state index contributed by atoms with van der Waals surface area (Å²) in [6.45, 7) is 7.19. The maximum atomic E-state index is 2.40. The molecule has 0 aliphatic carbocycles. The number of hydrogen-bond donors (Lipinski definition) is 0. The highest BCUT2D eigenvalue weighted by Gasteiger charge is 2.31. The predicted octanol–water partition coefficient (Wildman–Crippen LogP) is 7.64. The first-order valence-electron chi connectivity index (χ1n) is 12.6. The van der Waals surface area contributed by atoms with E-state index >= 15 is 0 Å². The maximum Gasteiger partial charge on any atom is 0.0535 e. The lowest BCUT2D eigenvalue weighted by Crippen LogP contribution is -2.34. The zero-order chi connectivity index (χ0) is 22.9. The van der Waals surface area contributed by atoms with E-state index in [0.717, 1.165) is 28.6 Å². The molecule has 5 heteroatoms. The van der Waals surface area contributed by atoms with Crippen LogP contribution in [0.5, 0.6) is 0 Å². The van der Waals surface area contributed by atoms with Crippen molar-refractivity contribution in [2.24, 2.45) is 0 Å². The van der Waals surface area contributed by atoms with E-state index in [2.05, 4.69) is 80.3 Å². The van der Waals surface area contributed by atoms with Gasteiger partial charge in [-0.25, -0.2) is 0 Å². The third-order valence-electron chi connectivity index (χ3n) is 6.63. The van der Waals surface area contributed by atoms with Crippen LogP contribution >= 0.6 is 7.92 Å². The minimum Gasteiger partial charge on any atom is -0.0733 e. The quantitative estimate of drug-likeness (QED) is 0.110. The van der Waals surface area contributed by atoms with Crippen molar-refractivity contribution in [3.63, 3.8) is 0 Å². The summed E-state index contributed by atoms with van der Waals surface area (Å²) >= 11 is 0. The van der Waals surface area contributed by atoms with Crippen LogP contribution in [0.15, 0.2) is 60.7 Å². The average molecular weight is 511 g/mol. The minimum atomic E-state index is -1.15. The molecule has 0 nitrogen and oxygen atoms in total. The molecular weight excluding hydrogens is 468 g/mol. The molecule has 0 fully saturated rings. The number of hydrogen-bond acceptors (Lipinski definition) is 0. The molecule has 0 amide bonds. The fraction of sp³-hybridized carbons (Fsp3) is 0.556. The van der Waals surface area contributed by atoms with E-state index in [0.29, 0.717) is 0 Å². The van der Waals surface area contributed by atoms with Gasteiger partial charge < -0.3 is 0 Å². The molecule has 0 heterocycles. The van der Waals surface area contributed by atoms with Gasteiger partial charge in [0.2, 0.25) is 0 Å². The normalized spacial score (nSPS) is 11.9. The van der Waals surface area contributed by atoms with Crippen LogP contribution in [0.2, 0.25) is 61.9 Å². The minimum absolute atomic E-state index is 0.226. The third kappa shape index (κ3) is 10.3. The molecule has 0 aliphatic heterocycles. The van der Waals surface area contributed by atoms with Gasteiger partial charge in [0.1, 0.15) is 0 Å². The average Bonchev–Trinajstić information content (AvgIpc) is 2.83. The van der Waals surface area contributed by atoms with Gasteiger partial charge in [0.25, 0.3) is 0 Å². The second-order valence-corrected chi connectivity index (χ2v) is 20.0. The molecule has 0 aromatic heterocycles. The molecule has 0 N–H and O–H groups in total. The fourth-order valence-electron chi connectivity index (χ4n) is 4.91. The highest BCUT2D eigenvalue weighted by atomic mass is 31.1. The maximum absolute atomic E-state index is 2.40. The van der Waals surface area contributed by atoms with Crippen molar-refractivity contribution in [2.45, 2.75) is 87.6 Å². The molecule has 0 aliphatic rings. The van der Waals surface area contributed by atoms with Crippen molar-refractivity contribution >= 4 is 55.2 Å². The van der Waals surface area contributed by atoms with E-state index in [1.165, 1.54) is 50.0 Å². The van der Waals surface area contributed by atoms with Gasteiger partial charge in [-0.3, -0.25) is 0 Å². The SMILES string of the molecule is C[Si]CCC[Si](CCC[Si]C)(CCC[Si]C)CCCP(c1ccccc1)c1ccccc1. The molecule has 6 radical (unpaired) electrons. The second kappa shape index (κ2) is 17.2. The van der Waals surface area contributed by atoms with Crippen LogP contribution in [0.4, 0.5) is 0 Å². The monoisotopic (exact) mass is 510 g/mol. The lowest BCUT2D eigenvalue weighted by atomic mass is 10.4. The molecule has 0 saturated carbocycles. The molecule has 0 saturated heterocycles. The molecular formula is C27H43PSi4. The van der Waals surface area contributed by atoms with E-state index in [1.54, 1.807) is 34.8 Å². The summed E-state index contributed by atoms with van der Waals surface area (Å²) in [5, 5.41) is 3.13. The van der Waals surface area contributed by atoms with Gasteiger partial charge in [0.15, 0.2) is 0 Å². The van der Waals surface area contributed by atoms with Gasteiger partial charge in [0.05, 0.1) is 8.07 Å². The Morgan fingerprint density at radius 3 is 1.31 bits per heavy atom. The van der Waals surface area contributed by atoms with Crippen LogP contribution in [-0.4, -0.2) is 42.8 Å². The molecule has 2 aromatic carbocycles. The first-order chi connectivity index (χ1) is 15.7. The van der Waals surface area contributed by atoms with Crippen molar-refractivity contribution in [1.29, 1.82) is 0 Å². The van der Waals surface area contributed by atoms with Gasteiger partial charge in [-0.1, -0.05) is 148 Å². The van der Waals surface area contributed by atoms with E-state index in [9.17, 15) is 0 Å². The highest BCUT2D eigenvalue weighted by molar-refractivity contribution is 7.73. The predicted molar refractivity (Wildman–Crippen MR) is 157 cm³/mol. The smallest absolute Gasteiger partial charge is 0.0535 e. The Hall–Kier alpha value is -0.262. The summed E-state index contributed by atoms with van der Waals surface area (Å²) in [7, 11) is 2.03. The van der Waals surface area contributed by atoms with Crippen LogP contribution < -0.4 is 10.6 Å². The Bertz CT molecular complexity index is 629. The Balaban J connectivity index is 2.12. The highest BCUT2D eigenvalue weighted by Crippen LogP contribution is 2.39. The number of rotatable bonds is 18. The van der Waals surface area contributed by atoms with Crippen LogP contribution in [0.1, 0.15) is 25.7 Å². The Morgan fingerprint density at radius 1 is 0.562 bits per heavy atom. The van der Waals surface area contributed by atoms with Crippen molar-refractivity contribution in [2.75, 3.05) is 6.16 Å². The zero-order valence-electron chi connectivity index (χ0n) is 20.7. The van der Waals surface area contributed by atoms with Crippen LogP contribution in [-0.2, 0) is 0 Å². The van der Waals surface area contributed by atoms with E-state index < -0.39 is 8.07 Å². The molecule has 2 rings (SSSR count). The Labute approximate surface area is 209 Å². The summed E-state index contributed by atoms with van der Waals surface area (Å²) in [5.74, 6) is 0. The summed E-state index contributed by atoms with van der Waals surface area (Å²) in [4.78, 5) is 0. The lowest BCUT2D eigenvalue weighted by Gasteiger charge is -2.33. The summed E-state index contributed by atoms with van der Waals surface area (Å²) in [5.41, 5.74) is 0. The zero-order valence-corrected chi connectivity index (χ0v) is 25.6. The van der Waals surface area contributed by atoms with Crippen molar-refractivity contribution < 1.29 is 0 Å². The first kappa shape index (κ1) is 28.0. The van der Waals surface area contributed by atoms with Crippen LogP contribution in [0, 0.1) is 0 Å². The summed E-state index contributed by atoms with van der Waals surface area (Å²) in [6, 6.07) is 33.6. The third-order valence-corrected chi connectivity index (χ3v) is 17.5. The molecule has 0 bridgehead atoms. The Morgan fingerprint density at radius 2 is 0.938 bits per heavy atom. The van der Waals surface area contributed by atoms with Crippen LogP contribution in [0.25, 0.3) is 0 Å². The molecule has 0 spiro atoms. The topological polar surface area (TPSA) is 0 Å². The van der Waals surface area contributed by atoms with Crippen LogP contribution in [0.3, 0.4) is 0 Å². The van der Waals surface area contributed by atoms with E-state index in [1.807, 2.05) is 0 Å². The first-order valence-corrected chi connectivity index (χ1v) is 22.0.